The lowest BCUT2D eigenvalue weighted by molar-refractivity contribution is 0.0963. The zero-order valence-corrected chi connectivity index (χ0v) is 13.4. The highest BCUT2D eigenvalue weighted by Crippen LogP contribution is 2.15. The largest absolute Gasteiger partial charge is 0.450 e. The van der Waals surface area contributed by atoms with E-state index in [-0.39, 0.29) is 12.1 Å². The number of nitrogens with one attached hydrogen (secondary N) is 1. The van der Waals surface area contributed by atoms with Crippen molar-refractivity contribution in [2.45, 2.75) is 51.2 Å². The van der Waals surface area contributed by atoms with Crippen molar-refractivity contribution in [1.82, 2.24) is 10.2 Å². The van der Waals surface area contributed by atoms with Gasteiger partial charge in [-0.05, 0) is 39.0 Å². The summed E-state index contributed by atoms with van der Waals surface area (Å²) in [7, 11) is 0. The van der Waals surface area contributed by atoms with Gasteiger partial charge in [-0.15, -0.1) is 0 Å². The van der Waals surface area contributed by atoms with Gasteiger partial charge in [0.25, 0.3) is 0 Å². The van der Waals surface area contributed by atoms with Gasteiger partial charge >= 0.3 is 6.09 Å². The lowest BCUT2D eigenvalue weighted by Crippen LogP contribution is -2.48. The fraction of sp³-hybridized carbons (Fsp3) is 0.867. The number of nitrogens with zero attached hydrogens (tertiary/aromatic N) is 2. The lowest BCUT2D eigenvalue weighted by Gasteiger charge is -2.31. The molecule has 2 fully saturated rings. The van der Waals surface area contributed by atoms with Gasteiger partial charge in [0.2, 0.25) is 0 Å². The third-order valence-electron chi connectivity index (χ3n) is 4.13. The van der Waals surface area contributed by atoms with Gasteiger partial charge in [-0.2, -0.15) is 0 Å². The molecule has 0 aromatic rings. The van der Waals surface area contributed by atoms with Crippen molar-refractivity contribution in [3.63, 3.8) is 0 Å². The molecule has 0 aliphatic carbocycles. The Morgan fingerprint density at radius 3 is 2.82 bits per heavy atom. The summed E-state index contributed by atoms with van der Waals surface area (Å²) >= 11 is 0. The van der Waals surface area contributed by atoms with Crippen LogP contribution in [0.3, 0.4) is 0 Å². The summed E-state index contributed by atoms with van der Waals surface area (Å²) in [5.41, 5.74) is 5.92. The Morgan fingerprint density at radius 2 is 2.18 bits per heavy atom. The van der Waals surface area contributed by atoms with Gasteiger partial charge in [0, 0.05) is 32.3 Å². The highest BCUT2D eigenvalue weighted by atomic mass is 16.6. The minimum atomic E-state index is -0.223. The average molecular weight is 312 g/mol. The number of hydrogen-bond donors (Lipinski definition) is 2. The Balaban J connectivity index is 1.63. The van der Waals surface area contributed by atoms with Crippen LogP contribution < -0.4 is 11.1 Å². The van der Waals surface area contributed by atoms with E-state index in [2.05, 4.69) is 10.3 Å². The highest BCUT2D eigenvalue weighted by molar-refractivity contribution is 5.78. The summed E-state index contributed by atoms with van der Waals surface area (Å²) in [4.78, 5) is 17.7. The first-order chi connectivity index (χ1) is 10.7. The topological polar surface area (TPSA) is 89.2 Å². The van der Waals surface area contributed by atoms with Crippen molar-refractivity contribution in [1.29, 1.82) is 0 Å². The van der Waals surface area contributed by atoms with Crippen molar-refractivity contribution in [3.8, 4) is 0 Å². The molecule has 0 bridgehead atoms. The third kappa shape index (κ3) is 5.36. The molecule has 0 radical (unpaired) electrons. The van der Waals surface area contributed by atoms with Crippen molar-refractivity contribution < 1.29 is 14.3 Å². The smallest absolute Gasteiger partial charge is 0.409 e. The maximum absolute atomic E-state index is 11.6. The zero-order chi connectivity index (χ0) is 15.8. The maximum atomic E-state index is 11.6. The molecule has 126 valence electrons. The number of aliphatic imine (C=N–C) groups is 1. The number of nitrogens with two attached hydrogens (primary N) is 1. The number of rotatable bonds is 5. The number of guanidine groups is 1. The first-order valence-corrected chi connectivity index (χ1v) is 8.28. The number of likely N-dealkylation sites (tertiary alicyclic amines) is 1. The molecule has 2 aliphatic rings. The van der Waals surface area contributed by atoms with Crippen molar-refractivity contribution in [2.24, 2.45) is 10.7 Å². The van der Waals surface area contributed by atoms with Crippen LogP contribution in [0.25, 0.3) is 0 Å². The van der Waals surface area contributed by atoms with E-state index in [1.54, 1.807) is 4.90 Å². The number of piperidine rings is 1. The normalized spacial score (nSPS) is 23.6. The number of ether oxygens (including phenoxy) is 2. The molecule has 7 nitrogen and oxygen atoms in total. The molecule has 1 unspecified atom stereocenters. The monoisotopic (exact) mass is 312 g/mol. The Kier molecular flexibility index (Phi) is 6.76. The lowest BCUT2D eigenvalue weighted by atomic mass is 10.1. The van der Waals surface area contributed by atoms with Gasteiger partial charge in [0.1, 0.15) is 0 Å². The van der Waals surface area contributed by atoms with Gasteiger partial charge in [0.05, 0.1) is 12.7 Å². The van der Waals surface area contributed by atoms with Crippen LogP contribution in [0, 0.1) is 0 Å². The minimum Gasteiger partial charge on any atom is -0.450 e. The van der Waals surface area contributed by atoms with Crippen LogP contribution in [-0.2, 0) is 9.47 Å². The van der Waals surface area contributed by atoms with Crippen LogP contribution in [-0.4, -0.2) is 61.9 Å². The fourth-order valence-corrected chi connectivity index (χ4v) is 2.88. The molecule has 2 aliphatic heterocycles. The van der Waals surface area contributed by atoms with Crippen LogP contribution in [0.1, 0.15) is 39.0 Å². The van der Waals surface area contributed by atoms with Crippen molar-refractivity contribution in [2.75, 3.05) is 32.8 Å². The Morgan fingerprint density at radius 1 is 1.41 bits per heavy atom. The van der Waals surface area contributed by atoms with E-state index in [9.17, 15) is 4.79 Å². The van der Waals surface area contributed by atoms with Crippen LogP contribution in [0.5, 0.6) is 0 Å². The van der Waals surface area contributed by atoms with E-state index in [1.165, 1.54) is 0 Å². The van der Waals surface area contributed by atoms with Gasteiger partial charge in [-0.1, -0.05) is 0 Å². The first-order valence-electron chi connectivity index (χ1n) is 8.28. The SMILES string of the molecule is CCOC(=O)N1CCC(NC(N)=NCCC2CCCO2)CC1. The van der Waals surface area contributed by atoms with Crippen molar-refractivity contribution >= 4 is 12.1 Å². The second kappa shape index (κ2) is 8.82. The highest BCUT2D eigenvalue weighted by Gasteiger charge is 2.23. The molecule has 1 atom stereocenters. The number of hydrogen-bond acceptors (Lipinski definition) is 4. The van der Waals surface area contributed by atoms with E-state index in [0.29, 0.717) is 38.3 Å². The molecule has 2 saturated heterocycles. The molecule has 2 heterocycles. The van der Waals surface area contributed by atoms with Gasteiger partial charge in [-0.25, -0.2) is 4.79 Å². The second-order valence-electron chi connectivity index (χ2n) is 5.80. The molecule has 1 amide bonds. The number of carbonyl (C=O) groups is 1. The Labute approximate surface area is 132 Å². The summed E-state index contributed by atoms with van der Waals surface area (Å²) < 4.78 is 10.6. The van der Waals surface area contributed by atoms with Crippen LogP contribution in [0.15, 0.2) is 4.99 Å². The summed E-state index contributed by atoms with van der Waals surface area (Å²) in [6, 6.07) is 0.275. The quantitative estimate of drug-likeness (QED) is 0.586. The molecule has 2 rings (SSSR count). The van der Waals surface area contributed by atoms with Gasteiger partial charge < -0.3 is 25.4 Å². The minimum absolute atomic E-state index is 0.223. The second-order valence-corrected chi connectivity index (χ2v) is 5.80. The van der Waals surface area contributed by atoms with Crippen LogP contribution >= 0.6 is 0 Å². The predicted molar refractivity (Wildman–Crippen MR) is 84.8 cm³/mol. The number of carbonyl (C=O) groups excluding carboxylic acids is 1. The Bertz CT molecular complexity index is 375. The molecule has 0 aromatic heterocycles. The third-order valence-corrected chi connectivity index (χ3v) is 4.13. The molecule has 3 N–H and O–H groups in total. The summed E-state index contributed by atoms with van der Waals surface area (Å²) in [6.07, 6.45) is 5.07. The molecular weight excluding hydrogens is 284 g/mol. The summed E-state index contributed by atoms with van der Waals surface area (Å²) in [5.74, 6) is 0.493. The van der Waals surface area contributed by atoms with Gasteiger partial charge in [0.15, 0.2) is 5.96 Å². The maximum Gasteiger partial charge on any atom is 0.409 e. The molecule has 0 aromatic carbocycles. The number of amides is 1. The van der Waals surface area contributed by atoms with Crippen LogP contribution in [0.4, 0.5) is 4.79 Å². The van der Waals surface area contributed by atoms with E-state index in [4.69, 9.17) is 15.2 Å². The zero-order valence-electron chi connectivity index (χ0n) is 13.4. The molecule has 0 saturated carbocycles. The molecular formula is C15H28N4O3. The van der Waals surface area contributed by atoms with E-state index >= 15 is 0 Å². The van der Waals surface area contributed by atoms with E-state index in [1.807, 2.05) is 6.92 Å². The fourth-order valence-electron chi connectivity index (χ4n) is 2.88. The molecule has 0 spiro atoms. The first kappa shape index (κ1) is 16.9. The average Bonchev–Trinajstić information content (AvgIpc) is 3.01. The van der Waals surface area contributed by atoms with Crippen LogP contribution in [0.2, 0.25) is 0 Å². The van der Waals surface area contributed by atoms with E-state index in [0.717, 1.165) is 38.7 Å². The van der Waals surface area contributed by atoms with E-state index < -0.39 is 0 Å². The summed E-state index contributed by atoms with van der Waals surface area (Å²) in [6.45, 7) is 5.20. The van der Waals surface area contributed by atoms with Crippen molar-refractivity contribution in [3.05, 3.63) is 0 Å². The summed E-state index contributed by atoms with van der Waals surface area (Å²) in [5, 5.41) is 3.24. The van der Waals surface area contributed by atoms with Gasteiger partial charge in [-0.3, -0.25) is 4.99 Å². The molecule has 22 heavy (non-hydrogen) atoms. The predicted octanol–water partition coefficient (Wildman–Crippen LogP) is 1.08. The molecule has 7 heteroatoms. The standard InChI is InChI=1S/C15H28N4O3/c1-2-21-15(20)19-9-6-12(7-10-19)18-14(16)17-8-5-13-4-3-11-22-13/h12-13H,2-11H2,1H3,(H3,16,17,18). The Hall–Kier alpha value is -1.50.